The van der Waals surface area contributed by atoms with E-state index in [0.717, 1.165) is 59.9 Å². The average molecular weight is 366 g/mol. The summed E-state index contributed by atoms with van der Waals surface area (Å²) in [7, 11) is -0.755. The zero-order valence-corrected chi connectivity index (χ0v) is 16.0. The van der Waals surface area contributed by atoms with E-state index in [0.29, 0.717) is 24.3 Å². The van der Waals surface area contributed by atoms with Gasteiger partial charge in [-0.2, -0.15) is 5.10 Å². The molecule has 142 valence electrons. The first-order valence-electron chi connectivity index (χ1n) is 10.2. The standard InChI is InChI=1S/C20H27BN4O2/c1-3-8-25-21(27)15-11-23-19-14(5-7-22-19)17(15)18(24-25)16-12(2)9-20(26)6-4-13(16)10-20/h5,7,11-13,16,26-27H,3-4,6,8-10H2,1-2H3,(H,22,23)/t12-,13-,16-,20+/m0/s1. The molecule has 3 N–H and O–H groups in total. The molecule has 0 radical (unpaired) electrons. The van der Waals surface area contributed by atoms with Gasteiger partial charge in [-0.05, 0) is 50.0 Å². The lowest BCUT2D eigenvalue weighted by atomic mass is 9.63. The molecule has 0 aromatic carbocycles. The molecular weight excluding hydrogens is 339 g/mol. The minimum Gasteiger partial charge on any atom is -0.428 e. The number of fused-ring (bicyclic) bond motifs is 5. The molecule has 4 atom stereocenters. The zero-order valence-electron chi connectivity index (χ0n) is 16.0. The van der Waals surface area contributed by atoms with Gasteiger partial charge in [0.25, 0.3) is 0 Å². The van der Waals surface area contributed by atoms with Gasteiger partial charge in [-0.1, -0.05) is 13.8 Å². The van der Waals surface area contributed by atoms with Crippen LogP contribution in [0.2, 0.25) is 0 Å². The Labute approximate surface area is 159 Å². The van der Waals surface area contributed by atoms with Gasteiger partial charge in [-0.3, -0.25) is 0 Å². The van der Waals surface area contributed by atoms with E-state index in [-0.39, 0.29) is 0 Å². The minimum absolute atomic E-state index is 0.305. The van der Waals surface area contributed by atoms with Crippen molar-refractivity contribution < 1.29 is 10.1 Å². The van der Waals surface area contributed by atoms with E-state index in [1.807, 2.05) is 17.2 Å². The average Bonchev–Trinajstić information content (AvgIpc) is 3.22. The predicted octanol–water partition coefficient (Wildman–Crippen LogP) is 1.87. The number of aliphatic hydroxyl groups is 1. The summed E-state index contributed by atoms with van der Waals surface area (Å²) >= 11 is 0. The first-order chi connectivity index (χ1) is 13.0. The molecule has 2 aliphatic carbocycles. The Balaban J connectivity index is 1.68. The number of rotatable bonds is 3. The quantitative estimate of drug-likeness (QED) is 0.724. The van der Waals surface area contributed by atoms with Crippen molar-refractivity contribution in [3.63, 3.8) is 0 Å². The molecule has 0 amide bonds. The molecule has 5 rings (SSSR count). The maximum absolute atomic E-state index is 10.9. The SMILES string of the molecule is CCCN1N=C([C@@H]2[C@H]3CC[C@](O)(C3)C[C@@H]2C)c2c(cnc3[nH]ccc23)B1O. The fourth-order valence-electron chi connectivity index (χ4n) is 5.87. The molecule has 3 heterocycles. The molecular formula is C20H27BN4O2. The Morgan fingerprint density at radius 2 is 2.26 bits per heavy atom. The van der Waals surface area contributed by atoms with E-state index < -0.39 is 12.7 Å². The molecule has 27 heavy (non-hydrogen) atoms. The smallest absolute Gasteiger partial charge is 0.428 e. The Morgan fingerprint density at radius 1 is 1.41 bits per heavy atom. The summed E-state index contributed by atoms with van der Waals surface area (Å²) in [6.45, 7) is 5.07. The summed E-state index contributed by atoms with van der Waals surface area (Å²) in [6, 6.07) is 2.04. The van der Waals surface area contributed by atoms with E-state index in [2.05, 4.69) is 23.8 Å². The van der Waals surface area contributed by atoms with Crippen LogP contribution in [0.4, 0.5) is 0 Å². The highest BCUT2D eigenvalue weighted by molar-refractivity contribution is 6.66. The van der Waals surface area contributed by atoms with Gasteiger partial charge in [0.05, 0.1) is 11.3 Å². The van der Waals surface area contributed by atoms with Crippen LogP contribution in [0.5, 0.6) is 0 Å². The maximum Gasteiger partial charge on any atom is 0.468 e. The highest BCUT2D eigenvalue weighted by Crippen LogP contribution is 2.52. The van der Waals surface area contributed by atoms with Crippen LogP contribution in [0, 0.1) is 17.8 Å². The van der Waals surface area contributed by atoms with Gasteiger partial charge in [0.1, 0.15) is 5.65 Å². The first-order valence-corrected chi connectivity index (χ1v) is 10.2. The normalized spacial score (nSPS) is 32.7. The third kappa shape index (κ3) is 2.55. The van der Waals surface area contributed by atoms with E-state index in [1.165, 1.54) is 0 Å². The molecule has 3 aliphatic rings. The fraction of sp³-hybridized carbons (Fsp3) is 0.600. The van der Waals surface area contributed by atoms with Gasteiger partial charge >= 0.3 is 7.05 Å². The van der Waals surface area contributed by atoms with Crippen LogP contribution >= 0.6 is 0 Å². The highest BCUT2D eigenvalue weighted by atomic mass is 16.3. The third-order valence-electron chi connectivity index (χ3n) is 6.88. The summed E-state index contributed by atoms with van der Waals surface area (Å²) in [5.41, 5.74) is 3.34. The number of hydrogen-bond acceptors (Lipinski definition) is 5. The maximum atomic E-state index is 10.9. The monoisotopic (exact) mass is 366 g/mol. The van der Waals surface area contributed by atoms with Crippen LogP contribution in [0.1, 0.15) is 51.5 Å². The number of nitrogens with zero attached hydrogens (tertiary/aromatic N) is 3. The number of hydrazone groups is 1. The second-order valence-corrected chi connectivity index (χ2v) is 8.78. The lowest BCUT2D eigenvalue weighted by molar-refractivity contribution is -0.00749. The molecule has 1 aliphatic heterocycles. The van der Waals surface area contributed by atoms with Crippen molar-refractivity contribution in [3.8, 4) is 0 Å². The van der Waals surface area contributed by atoms with E-state index in [1.54, 1.807) is 6.20 Å². The Kier molecular flexibility index (Phi) is 3.88. The van der Waals surface area contributed by atoms with Crippen LogP contribution in [0.15, 0.2) is 23.6 Å². The van der Waals surface area contributed by atoms with Crippen LogP contribution in [0.3, 0.4) is 0 Å². The highest BCUT2D eigenvalue weighted by Gasteiger charge is 2.51. The number of aromatic amines is 1. The number of hydrogen-bond donors (Lipinski definition) is 3. The number of H-pyrrole nitrogens is 1. The summed E-state index contributed by atoms with van der Waals surface area (Å²) in [5.74, 6) is 1.12. The molecule has 2 aromatic rings. The van der Waals surface area contributed by atoms with Crippen LogP contribution in [-0.4, -0.2) is 49.9 Å². The number of aromatic nitrogens is 2. The molecule has 2 bridgehead atoms. The second kappa shape index (κ2) is 6.07. The molecule has 0 saturated heterocycles. The Morgan fingerprint density at radius 3 is 3.07 bits per heavy atom. The van der Waals surface area contributed by atoms with Crippen LogP contribution in [0.25, 0.3) is 11.0 Å². The molecule has 2 aromatic heterocycles. The molecule has 2 saturated carbocycles. The van der Waals surface area contributed by atoms with Crippen molar-refractivity contribution >= 4 is 29.3 Å². The van der Waals surface area contributed by atoms with E-state index >= 15 is 0 Å². The molecule has 7 heteroatoms. The summed E-state index contributed by atoms with van der Waals surface area (Å²) < 4.78 is 0. The minimum atomic E-state index is -0.755. The van der Waals surface area contributed by atoms with Crippen molar-refractivity contribution in [1.82, 2.24) is 14.9 Å². The van der Waals surface area contributed by atoms with Gasteiger partial charge in [-0.25, -0.2) is 4.98 Å². The molecule has 0 spiro atoms. The number of nitrogens with one attached hydrogen (secondary N) is 1. The topological polar surface area (TPSA) is 84.7 Å². The Bertz CT molecular complexity index is 913. The Hall–Kier alpha value is -1.86. The lowest BCUT2D eigenvalue weighted by Gasteiger charge is -2.42. The van der Waals surface area contributed by atoms with Crippen molar-refractivity contribution in [1.29, 1.82) is 0 Å². The molecule has 2 fully saturated rings. The molecule has 0 unspecified atom stereocenters. The summed E-state index contributed by atoms with van der Waals surface area (Å²) in [6.07, 6.45) is 8.28. The van der Waals surface area contributed by atoms with Crippen molar-refractivity contribution in [2.45, 2.75) is 51.6 Å². The van der Waals surface area contributed by atoms with Crippen molar-refractivity contribution in [2.75, 3.05) is 6.54 Å². The van der Waals surface area contributed by atoms with Gasteiger partial charge < -0.3 is 20.0 Å². The lowest BCUT2D eigenvalue weighted by Crippen LogP contribution is -2.54. The predicted molar refractivity (Wildman–Crippen MR) is 107 cm³/mol. The fourth-order valence-corrected chi connectivity index (χ4v) is 5.87. The van der Waals surface area contributed by atoms with E-state index in [4.69, 9.17) is 5.10 Å². The van der Waals surface area contributed by atoms with Crippen LogP contribution < -0.4 is 5.46 Å². The largest absolute Gasteiger partial charge is 0.468 e. The third-order valence-corrected chi connectivity index (χ3v) is 6.88. The van der Waals surface area contributed by atoms with Crippen LogP contribution in [-0.2, 0) is 0 Å². The van der Waals surface area contributed by atoms with Crippen molar-refractivity contribution in [2.24, 2.45) is 22.9 Å². The van der Waals surface area contributed by atoms with Gasteiger partial charge in [0, 0.05) is 41.3 Å². The van der Waals surface area contributed by atoms with Gasteiger partial charge in [0.2, 0.25) is 0 Å². The first kappa shape index (κ1) is 17.3. The summed E-state index contributed by atoms with van der Waals surface area (Å²) in [4.78, 5) is 9.53. The van der Waals surface area contributed by atoms with E-state index in [9.17, 15) is 10.1 Å². The second-order valence-electron chi connectivity index (χ2n) is 8.78. The van der Waals surface area contributed by atoms with Crippen molar-refractivity contribution in [3.05, 3.63) is 24.0 Å². The van der Waals surface area contributed by atoms with Gasteiger partial charge in [-0.15, -0.1) is 0 Å². The summed E-state index contributed by atoms with van der Waals surface area (Å²) in [5, 5.41) is 27.8. The molecule has 6 nitrogen and oxygen atoms in total. The van der Waals surface area contributed by atoms with Gasteiger partial charge in [0.15, 0.2) is 0 Å². The number of pyridine rings is 1. The zero-order chi connectivity index (χ0) is 18.8.